The van der Waals surface area contributed by atoms with Gasteiger partial charge in [0, 0.05) is 10.4 Å². The highest BCUT2D eigenvalue weighted by Crippen LogP contribution is 2.32. The molecule has 0 unspecified atom stereocenters. The van der Waals surface area contributed by atoms with E-state index in [1.807, 2.05) is 0 Å². The molecule has 0 heterocycles. The topological polar surface area (TPSA) is 17.1 Å². The van der Waals surface area contributed by atoms with Gasteiger partial charge in [-0.1, -0.05) is 22.4 Å². The highest BCUT2D eigenvalue weighted by atomic mass is 79.9. The summed E-state index contributed by atoms with van der Waals surface area (Å²) >= 11 is 2.97. The van der Waals surface area contributed by atoms with Crippen molar-refractivity contribution in [3.63, 3.8) is 0 Å². The molecule has 0 amide bonds. The van der Waals surface area contributed by atoms with E-state index in [-0.39, 0.29) is 11.5 Å². The van der Waals surface area contributed by atoms with Crippen LogP contribution in [0.25, 0.3) is 0 Å². The average molecular weight is 275 g/mol. The van der Waals surface area contributed by atoms with Gasteiger partial charge >= 0.3 is 0 Å². The largest absolute Gasteiger partial charge is 0.294 e. The van der Waals surface area contributed by atoms with Crippen LogP contribution in [0.1, 0.15) is 29.6 Å². The summed E-state index contributed by atoms with van der Waals surface area (Å²) in [6, 6.07) is 2.24. The number of hydrogen-bond acceptors (Lipinski definition) is 1. The Kier molecular flexibility index (Phi) is 2.87. The van der Waals surface area contributed by atoms with Crippen molar-refractivity contribution in [1.82, 2.24) is 0 Å². The van der Waals surface area contributed by atoms with Crippen molar-refractivity contribution in [2.45, 2.75) is 19.3 Å². The maximum atomic E-state index is 13.4. The molecular weight excluding hydrogens is 266 g/mol. The van der Waals surface area contributed by atoms with Crippen LogP contribution in [0, 0.1) is 17.6 Å². The molecule has 1 aromatic rings. The summed E-state index contributed by atoms with van der Waals surface area (Å²) in [5.41, 5.74) is -0.386. The van der Waals surface area contributed by atoms with Gasteiger partial charge in [0.25, 0.3) is 0 Å². The molecule has 1 fully saturated rings. The van der Waals surface area contributed by atoms with E-state index < -0.39 is 17.4 Å². The van der Waals surface area contributed by atoms with E-state index in [1.165, 1.54) is 0 Å². The first-order chi connectivity index (χ1) is 7.09. The number of rotatable bonds is 2. The van der Waals surface area contributed by atoms with Crippen LogP contribution < -0.4 is 0 Å². The lowest BCUT2D eigenvalue weighted by atomic mass is 9.80. The zero-order valence-corrected chi connectivity index (χ0v) is 9.48. The van der Waals surface area contributed by atoms with Gasteiger partial charge in [0.05, 0.1) is 5.56 Å². The quantitative estimate of drug-likeness (QED) is 0.752. The first kappa shape index (κ1) is 10.7. The van der Waals surface area contributed by atoms with Gasteiger partial charge in [-0.2, -0.15) is 0 Å². The lowest BCUT2D eigenvalue weighted by Crippen LogP contribution is -2.24. The number of ketones is 1. The monoisotopic (exact) mass is 274 g/mol. The van der Waals surface area contributed by atoms with Crippen molar-refractivity contribution < 1.29 is 13.6 Å². The fourth-order valence-corrected chi connectivity index (χ4v) is 2.05. The molecule has 1 aliphatic carbocycles. The molecule has 2 rings (SSSR count). The number of halogens is 3. The summed E-state index contributed by atoms with van der Waals surface area (Å²) in [5, 5.41) is 0. The molecule has 15 heavy (non-hydrogen) atoms. The molecule has 1 saturated carbocycles. The molecule has 1 nitrogen and oxygen atoms in total. The number of carbonyl (C=O) groups is 1. The Labute approximate surface area is 94.6 Å². The second-order valence-electron chi connectivity index (χ2n) is 3.74. The molecule has 0 aromatic heterocycles. The smallest absolute Gasteiger partial charge is 0.171 e. The van der Waals surface area contributed by atoms with Crippen molar-refractivity contribution in [2.24, 2.45) is 5.92 Å². The van der Waals surface area contributed by atoms with Gasteiger partial charge in [-0.25, -0.2) is 8.78 Å². The SMILES string of the molecule is O=C(c1c(F)cc(Br)cc1F)C1CCC1. The molecule has 0 bridgehead atoms. The van der Waals surface area contributed by atoms with Crippen LogP contribution in [0.3, 0.4) is 0 Å². The lowest BCUT2D eigenvalue weighted by Gasteiger charge is -2.24. The van der Waals surface area contributed by atoms with Crippen LogP contribution in [-0.4, -0.2) is 5.78 Å². The van der Waals surface area contributed by atoms with E-state index in [2.05, 4.69) is 15.9 Å². The van der Waals surface area contributed by atoms with Crippen LogP contribution >= 0.6 is 15.9 Å². The Hall–Kier alpha value is -0.770. The molecule has 1 aromatic carbocycles. The summed E-state index contributed by atoms with van der Waals surface area (Å²) in [5.74, 6) is -2.14. The predicted octanol–water partition coefficient (Wildman–Crippen LogP) is 3.71. The second kappa shape index (κ2) is 4.00. The molecule has 0 radical (unpaired) electrons. The highest BCUT2D eigenvalue weighted by molar-refractivity contribution is 9.10. The zero-order valence-electron chi connectivity index (χ0n) is 7.90. The third kappa shape index (κ3) is 1.95. The van der Waals surface area contributed by atoms with E-state index in [4.69, 9.17) is 0 Å². The molecule has 4 heteroatoms. The molecule has 0 spiro atoms. The summed E-state index contributed by atoms with van der Waals surface area (Å²) in [4.78, 5) is 11.7. The van der Waals surface area contributed by atoms with Gasteiger partial charge in [-0.15, -0.1) is 0 Å². The Balaban J connectivity index is 2.38. The van der Waals surface area contributed by atoms with E-state index in [0.29, 0.717) is 4.47 Å². The minimum atomic E-state index is -0.779. The summed E-state index contributed by atoms with van der Waals surface area (Å²) < 4.78 is 27.1. The highest BCUT2D eigenvalue weighted by Gasteiger charge is 2.30. The normalized spacial score (nSPS) is 16.2. The average Bonchev–Trinajstić information content (AvgIpc) is 1.97. The first-order valence-corrected chi connectivity index (χ1v) is 5.57. The van der Waals surface area contributed by atoms with Gasteiger partial charge in [-0.3, -0.25) is 4.79 Å². The molecule has 0 atom stereocenters. The predicted molar refractivity (Wildman–Crippen MR) is 55.7 cm³/mol. The Morgan fingerprint density at radius 1 is 1.27 bits per heavy atom. The van der Waals surface area contributed by atoms with Crippen molar-refractivity contribution in [3.05, 3.63) is 33.8 Å². The van der Waals surface area contributed by atoms with Crippen molar-refractivity contribution in [3.8, 4) is 0 Å². The van der Waals surface area contributed by atoms with Crippen molar-refractivity contribution >= 4 is 21.7 Å². The van der Waals surface area contributed by atoms with Gasteiger partial charge < -0.3 is 0 Å². The number of benzene rings is 1. The number of carbonyl (C=O) groups excluding carboxylic acids is 1. The minimum Gasteiger partial charge on any atom is -0.294 e. The second-order valence-corrected chi connectivity index (χ2v) is 4.65. The maximum Gasteiger partial charge on any atom is 0.171 e. The number of hydrogen-bond donors (Lipinski definition) is 0. The summed E-state index contributed by atoms with van der Waals surface area (Å²) in [6.07, 6.45) is 2.46. The Morgan fingerprint density at radius 3 is 2.20 bits per heavy atom. The maximum absolute atomic E-state index is 13.4. The van der Waals surface area contributed by atoms with Gasteiger partial charge in [0.15, 0.2) is 5.78 Å². The minimum absolute atomic E-state index is 0.185. The van der Waals surface area contributed by atoms with Crippen LogP contribution in [0.5, 0.6) is 0 Å². The van der Waals surface area contributed by atoms with Crippen molar-refractivity contribution in [2.75, 3.05) is 0 Å². The fourth-order valence-electron chi connectivity index (χ4n) is 1.65. The van der Waals surface area contributed by atoms with E-state index in [0.717, 1.165) is 31.4 Å². The summed E-state index contributed by atoms with van der Waals surface area (Å²) in [6.45, 7) is 0. The first-order valence-electron chi connectivity index (χ1n) is 4.78. The summed E-state index contributed by atoms with van der Waals surface area (Å²) in [7, 11) is 0. The van der Waals surface area contributed by atoms with Crippen LogP contribution in [-0.2, 0) is 0 Å². The third-order valence-corrected chi connectivity index (χ3v) is 3.19. The van der Waals surface area contributed by atoms with Gasteiger partial charge in [0.2, 0.25) is 0 Å². The van der Waals surface area contributed by atoms with Gasteiger partial charge in [-0.05, 0) is 25.0 Å². The van der Waals surface area contributed by atoms with E-state index in [9.17, 15) is 13.6 Å². The van der Waals surface area contributed by atoms with E-state index in [1.54, 1.807) is 0 Å². The Morgan fingerprint density at radius 2 is 1.80 bits per heavy atom. The molecule has 0 saturated heterocycles. The third-order valence-electron chi connectivity index (χ3n) is 2.73. The van der Waals surface area contributed by atoms with Crippen LogP contribution in [0.2, 0.25) is 0 Å². The van der Waals surface area contributed by atoms with Crippen LogP contribution in [0.15, 0.2) is 16.6 Å². The van der Waals surface area contributed by atoms with Crippen molar-refractivity contribution in [1.29, 1.82) is 0 Å². The number of Topliss-reactive ketones (excluding diaryl/α,β-unsaturated/α-hetero) is 1. The fraction of sp³-hybridized carbons (Fsp3) is 0.364. The molecule has 1 aliphatic rings. The molecular formula is C11H9BrF2O. The zero-order chi connectivity index (χ0) is 11.0. The standard InChI is InChI=1S/C11H9BrF2O/c12-7-4-8(13)10(9(14)5-7)11(15)6-2-1-3-6/h4-6H,1-3H2. The van der Waals surface area contributed by atoms with E-state index >= 15 is 0 Å². The molecule has 0 aliphatic heterocycles. The Bertz CT molecular complexity index is 390. The molecule has 80 valence electrons. The lowest BCUT2D eigenvalue weighted by molar-refractivity contribution is 0.0846. The van der Waals surface area contributed by atoms with Crippen LogP contribution in [0.4, 0.5) is 8.78 Å². The molecule has 0 N–H and O–H groups in total. The van der Waals surface area contributed by atoms with Gasteiger partial charge in [0.1, 0.15) is 11.6 Å².